The normalized spacial score (nSPS) is 23.2. The van der Waals surface area contributed by atoms with Crippen molar-refractivity contribution in [2.24, 2.45) is 7.05 Å². The monoisotopic (exact) mass is 225 g/mol. The second-order valence-corrected chi connectivity index (χ2v) is 5.33. The number of hydrogen-bond acceptors (Lipinski definition) is 3. The molecule has 1 aliphatic heterocycles. The lowest BCUT2D eigenvalue weighted by Gasteiger charge is -2.23. The summed E-state index contributed by atoms with van der Waals surface area (Å²) >= 11 is 2.08. The number of aryl methyl sites for hydroxylation is 1. The molecule has 2 rings (SSSR count). The number of aromatic nitrogens is 2. The third-order valence-corrected chi connectivity index (χ3v) is 4.36. The maximum atomic E-state index is 4.47. The largest absolute Gasteiger partial charge is 0.337 e. The highest BCUT2D eigenvalue weighted by atomic mass is 32.2. The molecule has 15 heavy (non-hydrogen) atoms. The quantitative estimate of drug-likeness (QED) is 0.849. The van der Waals surface area contributed by atoms with E-state index in [4.69, 9.17) is 0 Å². The molecule has 0 spiro atoms. The van der Waals surface area contributed by atoms with Gasteiger partial charge in [0.25, 0.3) is 0 Å². The number of nitrogens with one attached hydrogen (secondary N) is 1. The molecule has 0 saturated carbocycles. The van der Waals surface area contributed by atoms with Gasteiger partial charge in [0.15, 0.2) is 0 Å². The molecule has 2 heterocycles. The van der Waals surface area contributed by atoms with Crippen LogP contribution in [0.3, 0.4) is 0 Å². The molecule has 1 aromatic rings. The number of hydrogen-bond donors (Lipinski definition) is 1. The van der Waals surface area contributed by atoms with Gasteiger partial charge in [-0.2, -0.15) is 11.8 Å². The lowest BCUT2D eigenvalue weighted by Crippen LogP contribution is -2.31. The minimum atomic E-state index is 0.419. The molecule has 0 bridgehead atoms. The molecule has 1 aliphatic rings. The minimum absolute atomic E-state index is 0.419. The van der Waals surface area contributed by atoms with E-state index in [0.717, 1.165) is 6.54 Å². The zero-order valence-electron chi connectivity index (χ0n) is 9.44. The Morgan fingerprint density at radius 2 is 2.60 bits per heavy atom. The van der Waals surface area contributed by atoms with E-state index in [2.05, 4.69) is 40.6 Å². The standard InChI is InChI=1S/C11H19N3S/c1-3-12-10(9-5-4-8-15-9)11-13-6-7-14(11)2/h6-7,9-10,12H,3-5,8H2,1-2H3. The lowest BCUT2D eigenvalue weighted by molar-refractivity contribution is 0.482. The second kappa shape index (κ2) is 5.03. The second-order valence-electron chi connectivity index (χ2n) is 3.98. The van der Waals surface area contributed by atoms with Gasteiger partial charge in [0.05, 0.1) is 6.04 Å². The molecular formula is C11H19N3S. The van der Waals surface area contributed by atoms with Crippen molar-refractivity contribution in [3.63, 3.8) is 0 Å². The summed E-state index contributed by atoms with van der Waals surface area (Å²) in [6.07, 6.45) is 6.58. The van der Waals surface area contributed by atoms with E-state index in [1.165, 1.54) is 24.4 Å². The van der Waals surface area contributed by atoms with Crippen LogP contribution in [0.1, 0.15) is 31.6 Å². The van der Waals surface area contributed by atoms with E-state index < -0.39 is 0 Å². The smallest absolute Gasteiger partial charge is 0.126 e. The van der Waals surface area contributed by atoms with Crippen molar-refractivity contribution in [1.29, 1.82) is 0 Å². The highest BCUT2D eigenvalue weighted by Crippen LogP contribution is 2.35. The van der Waals surface area contributed by atoms with Gasteiger partial charge < -0.3 is 9.88 Å². The van der Waals surface area contributed by atoms with Crippen molar-refractivity contribution in [3.05, 3.63) is 18.2 Å². The summed E-state index contributed by atoms with van der Waals surface area (Å²) in [7, 11) is 2.08. The van der Waals surface area contributed by atoms with Crippen molar-refractivity contribution in [2.45, 2.75) is 31.1 Å². The number of imidazole rings is 1. The van der Waals surface area contributed by atoms with Crippen molar-refractivity contribution >= 4 is 11.8 Å². The van der Waals surface area contributed by atoms with Gasteiger partial charge in [-0.25, -0.2) is 4.98 Å². The van der Waals surface area contributed by atoms with E-state index in [0.29, 0.717) is 11.3 Å². The van der Waals surface area contributed by atoms with Gasteiger partial charge in [-0.3, -0.25) is 0 Å². The van der Waals surface area contributed by atoms with Gasteiger partial charge in [0.1, 0.15) is 5.82 Å². The van der Waals surface area contributed by atoms with Crippen molar-refractivity contribution in [1.82, 2.24) is 14.9 Å². The van der Waals surface area contributed by atoms with Crippen LogP contribution in [0.4, 0.5) is 0 Å². The summed E-state index contributed by atoms with van der Waals surface area (Å²) < 4.78 is 2.13. The first-order valence-corrected chi connectivity index (χ1v) is 6.70. The van der Waals surface area contributed by atoms with Crippen LogP contribution in [0.15, 0.2) is 12.4 Å². The first kappa shape index (κ1) is 11.0. The molecule has 4 heteroatoms. The molecule has 0 aliphatic carbocycles. The Bertz CT molecular complexity index is 305. The Labute approximate surface area is 95.7 Å². The van der Waals surface area contributed by atoms with Crippen LogP contribution >= 0.6 is 11.8 Å². The fourth-order valence-electron chi connectivity index (χ4n) is 2.15. The highest BCUT2D eigenvalue weighted by Gasteiger charge is 2.28. The minimum Gasteiger partial charge on any atom is -0.337 e. The zero-order chi connectivity index (χ0) is 10.7. The predicted octanol–water partition coefficient (Wildman–Crippen LogP) is 1.97. The molecule has 0 radical (unpaired) electrons. The summed E-state index contributed by atoms with van der Waals surface area (Å²) in [6, 6.07) is 0.419. The maximum Gasteiger partial charge on any atom is 0.126 e. The van der Waals surface area contributed by atoms with E-state index in [1.54, 1.807) is 0 Å². The molecule has 1 aromatic heterocycles. The summed E-state index contributed by atoms with van der Waals surface area (Å²) in [5, 5.41) is 4.26. The number of nitrogens with zero attached hydrogens (tertiary/aromatic N) is 2. The summed E-state index contributed by atoms with van der Waals surface area (Å²) in [5.74, 6) is 2.48. The maximum absolute atomic E-state index is 4.47. The van der Waals surface area contributed by atoms with Crippen LogP contribution in [0, 0.1) is 0 Å². The Morgan fingerprint density at radius 3 is 3.13 bits per heavy atom. The van der Waals surface area contributed by atoms with Gasteiger partial charge in [-0.05, 0) is 25.1 Å². The topological polar surface area (TPSA) is 29.9 Å². The Hall–Kier alpha value is -0.480. The molecule has 2 atom stereocenters. The first-order chi connectivity index (χ1) is 7.33. The first-order valence-electron chi connectivity index (χ1n) is 5.65. The Morgan fingerprint density at radius 1 is 1.73 bits per heavy atom. The van der Waals surface area contributed by atoms with E-state index >= 15 is 0 Å². The molecule has 0 aromatic carbocycles. The summed E-state index contributed by atoms with van der Waals surface area (Å²) in [4.78, 5) is 4.47. The predicted molar refractivity (Wildman–Crippen MR) is 65.1 cm³/mol. The summed E-state index contributed by atoms with van der Waals surface area (Å²) in [6.45, 7) is 3.17. The van der Waals surface area contributed by atoms with E-state index in [9.17, 15) is 0 Å². The molecular weight excluding hydrogens is 206 g/mol. The fourth-order valence-corrected chi connectivity index (χ4v) is 3.53. The van der Waals surface area contributed by atoms with Crippen LogP contribution in [0.2, 0.25) is 0 Å². The highest BCUT2D eigenvalue weighted by molar-refractivity contribution is 8.00. The lowest BCUT2D eigenvalue weighted by atomic mass is 10.1. The SMILES string of the molecule is CCNC(c1nccn1C)C1CCCS1. The van der Waals surface area contributed by atoms with Crippen LogP contribution in [0.25, 0.3) is 0 Å². The third-order valence-electron chi connectivity index (χ3n) is 2.90. The van der Waals surface area contributed by atoms with Crippen molar-refractivity contribution < 1.29 is 0 Å². The summed E-state index contributed by atoms with van der Waals surface area (Å²) in [5.41, 5.74) is 0. The van der Waals surface area contributed by atoms with E-state index in [1.807, 2.05) is 12.4 Å². The molecule has 3 nitrogen and oxygen atoms in total. The zero-order valence-corrected chi connectivity index (χ0v) is 10.3. The van der Waals surface area contributed by atoms with Crippen LogP contribution in [-0.4, -0.2) is 27.1 Å². The molecule has 84 valence electrons. The molecule has 1 N–H and O–H groups in total. The van der Waals surface area contributed by atoms with E-state index in [-0.39, 0.29) is 0 Å². The van der Waals surface area contributed by atoms with Crippen LogP contribution in [-0.2, 0) is 7.05 Å². The van der Waals surface area contributed by atoms with Gasteiger partial charge in [0, 0.05) is 24.7 Å². The van der Waals surface area contributed by atoms with Crippen LogP contribution < -0.4 is 5.32 Å². The Kier molecular flexibility index (Phi) is 3.70. The fraction of sp³-hybridized carbons (Fsp3) is 0.727. The van der Waals surface area contributed by atoms with Gasteiger partial charge in [-0.1, -0.05) is 6.92 Å². The molecule has 0 amide bonds. The molecule has 1 fully saturated rings. The van der Waals surface area contributed by atoms with Crippen molar-refractivity contribution in [2.75, 3.05) is 12.3 Å². The van der Waals surface area contributed by atoms with Gasteiger partial charge >= 0.3 is 0 Å². The van der Waals surface area contributed by atoms with Gasteiger partial charge in [0.2, 0.25) is 0 Å². The Balaban J connectivity index is 2.15. The average molecular weight is 225 g/mol. The van der Waals surface area contributed by atoms with Crippen molar-refractivity contribution in [3.8, 4) is 0 Å². The third kappa shape index (κ3) is 2.37. The van der Waals surface area contributed by atoms with Crippen LogP contribution in [0.5, 0.6) is 0 Å². The molecule has 1 saturated heterocycles. The number of thioether (sulfide) groups is 1. The average Bonchev–Trinajstić information content (AvgIpc) is 2.85. The molecule has 2 unspecified atom stereocenters. The van der Waals surface area contributed by atoms with Gasteiger partial charge in [-0.15, -0.1) is 0 Å². The number of rotatable bonds is 4.